The van der Waals surface area contributed by atoms with Crippen molar-refractivity contribution in [3.63, 3.8) is 0 Å². The Morgan fingerprint density at radius 3 is 2.95 bits per heavy atom. The summed E-state index contributed by atoms with van der Waals surface area (Å²) in [5, 5.41) is 13.3. The summed E-state index contributed by atoms with van der Waals surface area (Å²) in [6.45, 7) is 8.59. The van der Waals surface area contributed by atoms with E-state index in [1.54, 1.807) is 4.90 Å². The summed E-state index contributed by atoms with van der Waals surface area (Å²) in [7, 11) is 0. The molecule has 1 aliphatic rings. The molecule has 0 radical (unpaired) electrons. The molecule has 0 atom stereocenters. The fourth-order valence-electron chi connectivity index (χ4n) is 2.00. The zero-order valence-electron chi connectivity index (χ0n) is 12.0. The van der Waals surface area contributed by atoms with Crippen molar-refractivity contribution in [1.29, 1.82) is 5.26 Å². The monoisotopic (exact) mass is 285 g/mol. The lowest BCUT2D eigenvalue weighted by Gasteiger charge is -2.31. The predicted octanol–water partition coefficient (Wildman–Crippen LogP) is 2.37. The van der Waals surface area contributed by atoms with Gasteiger partial charge in [0.15, 0.2) is 0 Å². The van der Waals surface area contributed by atoms with E-state index in [0.29, 0.717) is 35.9 Å². The highest BCUT2D eigenvalue weighted by molar-refractivity contribution is 6.04. The maximum absolute atomic E-state index is 13.4. The van der Waals surface area contributed by atoms with Crippen molar-refractivity contribution in [3.8, 4) is 6.07 Å². The third kappa shape index (κ3) is 3.08. The van der Waals surface area contributed by atoms with E-state index in [0.717, 1.165) is 5.71 Å². The molecule has 108 valence electrons. The van der Waals surface area contributed by atoms with Gasteiger partial charge < -0.3 is 4.90 Å². The summed E-state index contributed by atoms with van der Waals surface area (Å²) in [5.41, 5.74) is 5.26. The van der Waals surface area contributed by atoms with Gasteiger partial charge in [-0.3, -0.25) is 4.99 Å². The van der Waals surface area contributed by atoms with Crippen molar-refractivity contribution in [3.05, 3.63) is 47.4 Å². The zero-order chi connectivity index (χ0) is 15.4. The molecule has 0 aromatic heterocycles. The van der Waals surface area contributed by atoms with Crippen LogP contribution in [0.3, 0.4) is 0 Å². The molecular weight excluding hydrogens is 269 g/mol. The van der Waals surface area contributed by atoms with Gasteiger partial charge in [0, 0.05) is 6.54 Å². The molecule has 21 heavy (non-hydrogen) atoms. The molecule has 6 heteroatoms. The topological polar surface area (TPSA) is 63.8 Å². The average Bonchev–Trinajstić information content (AvgIpc) is 2.47. The van der Waals surface area contributed by atoms with Gasteiger partial charge in [0.25, 0.3) is 0 Å². The number of rotatable bonds is 3. The average molecular weight is 285 g/mol. The largest absolute Gasteiger partial charge is 0.306 e. The molecule has 0 bridgehead atoms. The number of halogens is 1. The Morgan fingerprint density at radius 2 is 2.29 bits per heavy atom. The molecule has 0 aliphatic carbocycles. The fourth-order valence-corrected chi connectivity index (χ4v) is 2.00. The Morgan fingerprint density at radius 1 is 1.52 bits per heavy atom. The number of hydrazone groups is 1. The first-order chi connectivity index (χ1) is 10.1. The highest BCUT2D eigenvalue weighted by Gasteiger charge is 2.22. The van der Waals surface area contributed by atoms with Crippen LogP contribution in [0.4, 0.5) is 4.39 Å². The minimum Gasteiger partial charge on any atom is -0.306 e. The number of aliphatic imine (C=N–C) groups is 1. The van der Waals surface area contributed by atoms with Crippen molar-refractivity contribution in [2.75, 3.05) is 6.54 Å². The van der Waals surface area contributed by atoms with E-state index in [1.807, 2.05) is 13.8 Å². The Kier molecular flexibility index (Phi) is 4.33. The normalized spacial score (nSPS) is 16.5. The van der Waals surface area contributed by atoms with E-state index in [1.165, 1.54) is 18.2 Å². The van der Waals surface area contributed by atoms with Crippen LogP contribution in [-0.2, 0) is 6.54 Å². The van der Waals surface area contributed by atoms with Crippen LogP contribution in [0.5, 0.6) is 0 Å². The van der Waals surface area contributed by atoms with E-state index in [9.17, 15) is 4.39 Å². The van der Waals surface area contributed by atoms with Crippen LogP contribution >= 0.6 is 0 Å². The van der Waals surface area contributed by atoms with Gasteiger partial charge >= 0.3 is 0 Å². The highest BCUT2D eigenvalue weighted by Crippen LogP contribution is 2.18. The number of nitriles is 1. The third-order valence-corrected chi connectivity index (χ3v) is 3.15. The van der Waals surface area contributed by atoms with Crippen LogP contribution < -0.4 is 5.43 Å². The molecule has 1 aromatic rings. The van der Waals surface area contributed by atoms with Gasteiger partial charge in [-0.1, -0.05) is 6.58 Å². The number of allylic oxidation sites excluding steroid dienone is 1. The molecule has 0 saturated heterocycles. The van der Waals surface area contributed by atoms with E-state index in [2.05, 4.69) is 28.2 Å². The number of benzene rings is 1. The van der Waals surface area contributed by atoms with Crippen LogP contribution in [0.15, 0.2) is 40.6 Å². The van der Waals surface area contributed by atoms with Gasteiger partial charge in [0.05, 0.1) is 29.6 Å². The second-order valence-corrected chi connectivity index (χ2v) is 4.55. The standard InChI is InChI=1S/C15H16FN5/c1-4-18-15-20-19-10(2)11(3)21(15)9-13-7-14(16)6-5-12(13)8-17/h5-7H,3-4,9H2,1-2H3,(H,18,20). The Bertz CT molecular complexity index is 669. The van der Waals surface area contributed by atoms with Gasteiger partial charge in [-0.15, -0.1) is 0 Å². The highest BCUT2D eigenvalue weighted by atomic mass is 19.1. The summed E-state index contributed by atoms with van der Waals surface area (Å²) in [6.07, 6.45) is 0. The molecule has 0 saturated carbocycles. The number of hydrogen-bond acceptors (Lipinski definition) is 3. The first-order valence-electron chi connectivity index (χ1n) is 6.57. The van der Waals surface area contributed by atoms with E-state index in [-0.39, 0.29) is 5.82 Å². The predicted molar refractivity (Wildman–Crippen MR) is 80.0 cm³/mol. The minimum absolute atomic E-state index is 0.304. The lowest BCUT2D eigenvalue weighted by Crippen LogP contribution is -2.44. The molecule has 1 aliphatic heterocycles. The van der Waals surface area contributed by atoms with E-state index >= 15 is 0 Å². The molecule has 1 aromatic carbocycles. The van der Waals surface area contributed by atoms with Crippen molar-refractivity contribution in [2.45, 2.75) is 20.4 Å². The van der Waals surface area contributed by atoms with Gasteiger partial charge in [0.2, 0.25) is 5.96 Å². The second kappa shape index (κ2) is 6.18. The summed E-state index contributed by atoms with van der Waals surface area (Å²) in [4.78, 5) is 6.10. The second-order valence-electron chi connectivity index (χ2n) is 4.55. The maximum atomic E-state index is 13.4. The summed E-state index contributed by atoms with van der Waals surface area (Å²) in [5.74, 6) is 0.167. The molecule has 0 spiro atoms. The number of guanidine groups is 1. The zero-order valence-corrected chi connectivity index (χ0v) is 12.0. The van der Waals surface area contributed by atoms with Crippen molar-refractivity contribution in [2.24, 2.45) is 10.1 Å². The number of nitrogens with one attached hydrogen (secondary N) is 1. The van der Waals surface area contributed by atoms with Gasteiger partial charge in [0.1, 0.15) is 5.82 Å². The SMILES string of the molecule is C=C1C(C)=NNC(=NCC)N1Cc1cc(F)ccc1C#N. The third-order valence-electron chi connectivity index (χ3n) is 3.15. The van der Waals surface area contributed by atoms with E-state index in [4.69, 9.17) is 5.26 Å². The van der Waals surface area contributed by atoms with E-state index < -0.39 is 0 Å². The maximum Gasteiger partial charge on any atom is 0.219 e. The fraction of sp³-hybridized carbons (Fsp3) is 0.267. The van der Waals surface area contributed by atoms with Crippen molar-refractivity contribution < 1.29 is 4.39 Å². The summed E-state index contributed by atoms with van der Waals surface area (Å²) in [6, 6.07) is 6.18. The van der Waals surface area contributed by atoms with Crippen LogP contribution in [0.2, 0.25) is 0 Å². The van der Waals surface area contributed by atoms with Crippen LogP contribution in [0.25, 0.3) is 0 Å². The smallest absolute Gasteiger partial charge is 0.219 e. The molecule has 5 nitrogen and oxygen atoms in total. The lowest BCUT2D eigenvalue weighted by atomic mass is 10.1. The first-order valence-corrected chi connectivity index (χ1v) is 6.57. The molecule has 0 amide bonds. The summed E-state index contributed by atoms with van der Waals surface area (Å²) < 4.78 is 13.4. The molecule has 0 unspecified atom stereocenters. The Hall–Kier alpha value is -2.68. The lowest BCUT2D eigenvalue weighted by molar-refractivity contribution is 0.493. The molecule has 0 fully saturated rings. The van der Waals surface area contributed by atoms with Gasteiger partial charge in [-0.25, -0.2) is 9.82 Å². The van der Waals surface area contributed by atoms with Crippen LogP contribution in [0.1, 0.15) is 25.0 Å². The van der Waals surface area contributed by atoms with Crippen molar-refractivity contribution >= 4 is 11.7 Å². The van der Waals surface area contributed by atoms with Crippen LogP contribution in [-0.4, -0.2) is 23.1 Å². The summed E-state index contributed by atoms with van der Waals surface area (Å²) >= 11 is 0. The minimum atomic E-state index is -0.376. The molecular formula is C15H16FN5. The first kappa shape index (κ1) is 14.7. The molecule has 2 rings (SSSR count). The quantitative estimate of drug-likeness (QED) is 0.927. The van der Waals surface area contributed by atoms with Gasteiger partial charge in [-0.05, 0) is 37.6 Å². The Balaban J connectivity index is 2.38. The van der Waals surface area contributed by atoms with Crippen molar-refractivity contribution in [1.82, 2.24) is 10.3 Å². The number of hydrogen-bond donors (Lipinski definition) is 1. The number of nitrogens with zero attached hydrogens (tertiary/aromatic N) is 4. The Labute approximate surface area is 123 Å². The molecule has 1 heterocycles. The van der Waals surface area contributed by atoms with Crippen LogP contribution in [0, 0.1) is 17.1 Å². The van der Waals surface area contributed by atoms with Gasteiger partial charge in [-0.2, -0.15) is 10.4 Å². The molecule has 1 N–H and O–H groups in total.